The molecule has 23 heavy (non-hydrogen) atoms. The third kappa shape index (κ3) is 4.80. The van der Waals surface area contributed by atoms with Gasteiger partial charge in [-0.1, -0.05) is 60.1 Å². The summed E-state index contributed by atoms with van der Waals surface area (Å²) in [5.41, 5.74) is 1.11. The molecule has 0 spiro atoms. The van der Waals surface area contributed by atoms with Crippen molar-refractivity contribution in [2.45, 2.75) is 19.4 Å². The van der Waals surface area contributed by atoms with Gasteiger partial charge in [0.15, 0.2) is 0 Å². The van der Waals surface area contributed by atoms with Crippen LogP contribution < -0.4 is 5.32 Å². The Bertz CT molecular complexity index is 719. The van der Waals surface area contributed by atoms with Crippen LogP contribution in [0.15, 0.2) is 60.7 Å². The molecular weight excluding hydrogens is 310 g/mol. The number of nitrogens with one attached hydrogen (secondary N) is 1. The Hall–Kier alpha value is -2.39. The van der Waals surface area contributed by atoms with E-state index >= 15 is 0 Å². The van der Waals surface area contributed by atoms with Gasteiger partial charge in [0, 0.05) is 5.02 Å². The zero-order valence-corrected chi connectivity index (χ0v) is 13.8. The van der Waals surface area contributed by atoms with Crippen LogP contribution in [0.1, 0.15) is 25.0 Å². The van der Waals surface area contributed by atoms with Gasteiger partial charge in [0.2, 0.25) is 5.78 Å². The minimum atomic E-state index is -0.635. The van der Waals surface area contributed by atoms with E-state index in [2.05, 4.69) is 5.32 Å². The molecule has 0 aliphatic heterocycles. The fraction of sp³-hybridized carbons (Fsp3) is 0.158. The van der Waals surface area contributed by atoms with Crippen LogP contribution in [0, 0.1) is 0 Å². The first kappa shape index (κ1) is 17.0. The summed E-state index contributed by atoms with van der Waals surface area (Å²) in [5.74, 6) is -1.23. The Morgan fingerprint density at radius 2 is 1.61 bits per heavy atom. The lowest BCUT2D eigenvalue weighted by Crippen LogP contribution is -2.43. The molecule has 0 unspecified atom stereocenters. The molecule has 0 saturated carbocycles. The molecule has 3 nitrogen and oxygen atoms in total. The van der Waals surface area contributed by atoms with Gasteiger partial charge in [0.1, 0.15) is 0 Å². The molecule has 0 saturated heterocycles. The van der Waals surface area contributed by atoms with E-state index in [1.807, 2.05) is 44.2 Å². The fourth-order valence-electron chi connectivity index (χ4n) is 2.09. The van der Waals surface area contributed by atoms with Crippen LogP contribution in [0.25, 0.3) is 6.08 Å². The van der Waals surface area contributed by atoms with Crippen LogP contribution in [-0.4, -0.2) is 11.7 Å². The summed E-state index contributed by atoms with van der Waals surface area (Å²) in [6.07, 6.45) is 2.85. The number of carbonyl (C=O) groups excluding carboxylic acids is 2. The van der Waals surface area contributed by atoms with Crippen LogP contribution in [0.5, 0.6) is 0 Å². The molecule has 0 aromatic heterocycles. The van der Waals surface area contributed by atoms with Crippen LogP contribution in [-0.2, 0) is 15.1 Å². The predicted octanol–water partition coefficient (Wildman–Crippen LogP) is 3.97. The summed E-state index contributed by atoms with van der Waals surface area (Å²) in [4.78, 5) is 24.0. The normalized spacial score (nSPS) is 11.4. The highest BCUT2D eigenvalue weighted by Crippen LogP contribution is 2.19. The number of benzene rings is 2. The van der Waals surface area contributed by atoms with Gasteiger partial charge in [-0.05, 0) is 43.2 Å². The van der Waals surface area contributed by atoms with E-state index in [1.165, 1.54) is 6.08 Å². The molecule has 0 heterocycles. The number of ketones is 1. The van der Waals surface area contributed by atoms with Crippen LogP contribution in [0.3, 0.4) is 0 Å². The second-order valence-electron chi connectivity index (χ2n) is 5.69. The number of hydrogen-bond acceptors (Lipinski definition) is 2. The maximum Gasteiger partial charge on any atom is 0.292 e. The summed E-state index contributed by atoms with van der Waals surface area (Å²) in [5, 5.41) is 3.38. The molecule has 0 atom stereocenters. The van der Waals surface area contributed by atoms with Gasteiger partial charge in [-0.2, -0.15) is 0 Å². The lowest BCUT2D eigenvalue weighted by molar-refractivity contribution is -0.136. The third-order valence-corrected chi connectivity index (χ3v) is 3.69. The monoisotopic (exact) mass is 327 g/mol. The van der Waals surface area contributed by atoms with Crippen LogP contribution >= 0.6 is 11.6 Å². The molecule has 2 rings (SSSR count). The number of hydrogen-bond donors (Lipinski definition) is 1. The molecule has 118 valence electrons. The molecule has 4 heteroatoms. The minimum absolute atomic E-state index is 0.594. The molecule has 0 fully saturated rings. The fourth-order valence-corrected chi connectivity index (χ4v) is 2.22. The number of amides is 1. The Morgan fingerprint density at radius 3 is 2.22 bits per heavy atom. The molecule has 0 aliphatic rings. The minimum Gasteiger partial charge on any atom is -0.340 e. The average Bonchev–Trinajstić information content (AvgIpc) is 2.54. The predicted molar refractivity (Wildman–Crippen MR) is 93.1 cm³/mol. The van der Waals surface area contributed by atoms with Crippen molar-refractivity contribution in [3.8, 4) is 0 Å². The summed E-state index contributed by atoms with van der Waals surface area (Å²) < 4.78 is 0. The van der Waals surface area contributed by atoms with Crippen molar-refractivity contribution in [3.63, 3.8) is 0 Å². The van der Waals surface area contributed by atoms with E-state index < -0.39 is 17.2 Å². The highest BCUT2D eigenvalue weighted by atomic mass is 35.5. The van der Waals surface area contributed by atoms with Crippen molar-refractivity contribution < 1.29 is 9.59 Å². The van der Waals surface area contributed by atoms with Gasteiger partial charge in [-0.25, -0.2) is 0 Å². The Morgan fingerprint density at radius 1 is 1.00 bits per heavy atom. The third-order valence-electron chi connectivity index (χ3n) is 3.44. The van der Waals surface area contributed by atoms with E-state index in [0.29, 0.717) is 5.02 Å². The first-order valence-electron chi connectivity index (χ1n) is 7.24. The lowest BCUT2D eigenvalue weighted by atomic mass is 9.94. The van der Waals surface area contributed by atoms with Gasteiger partial charge in [0.05, 0.1) is 5.54 Å². The van der Waals surface area contributed by atoms with E-state index in [1.54, 1.807) is 30.3 Å². The van der Waals surface area contributed by atoms with Crippen molar-refractivity contribution in [1.82, 2.24) is 5.32 Å². The van der Waals surface area contributed by atoms with Crippen LogP contribution in [0.2, 0.25) is 5.02 Å². The molecule has 2 aromatic rings. The molecule has 0 bridgehead atoms. The Kier molecular flexibility index (Phi) is 5.35. The standard InChI is InChI=1S/C19H18ClNO2/c1-19(2,15-6-4-3-5-7-15)21-18(23)17(22)13-10-14-8-11-16(20)12-9-14/h3-13H,1-2H3,(H,21,23)/b13-10+. The summed E-state index contributed by atoms with van der Waals surface area (Å²) in [7, 11) is 0. The largest absolute Gasteiger partial charge is 0.340 e. The van der Waals surface area contributed by atoms with Crippen molar-refractivity contribution in [2.75, 3.05) is 0 Å². The lowest BCUT2D eigenvalue weighted by Gasteiger charge is -2.26. The van der Waals surface area contributed by atoms with Gasteiger partial charge in [-0.3, -0.25) is 9.59 Å². The van der Waals surface area contributed by atoms with E-state index in [9.17, 15) is 9.59 Å². The highest BCUT2D eigenvalue weighted by molar-refractivity contribution is 6.41. The highest BCUT2D eigenvalue weighted by Gasteiger charge is 2.24. The Balaban J connectivity index is 2.02. The molecular formula is C19H18ClNO2. The Labute approximate surface area is 141 Å². The average molecular weight is 328 g/mol. The maximum absolute atomic E-state index is 12.1. The summed E-state index contributed by atoms with van der Waals surface area (Å²) in [6, 6.07) is 16.5. The number of carbonyl (C=O) groups is 2. The zero-order chi connectivity index (χ0) is 16.9. The molecule has 0 aliphatic carbocycles. The van der Waals surface area contributed by atoms with E-state index in [-0.39, 0.29) is 0 Å². The second kappa shape index (κ2) is 7.25. The first-order chi connectivity index (χ1) is 10.9. The van der Waals surface area contributed by atoms with Crippen LogP contribution in [0.4, 0.5) is 0 Å². The quantitative estimate of drug-likeness (QED) is 0.667. The molecule has 1 N–H and O–H groups in total. The van der Waals surface area contributed by atoms with Gasteiger partial charge >= 0.3 is 0 Å². The second-order valence-corrected chi connectivity index (χ2v) is 6.13. The number of halogens is 1. The van der Waals surface area contributed by atoms with Crippen molar-refractivity contribution in [1.29, 1.82) is 0 Å². The summed E-state index contributed by atoms with van der Waals surface area (Å²) in [6.45, 7) is 3.72. The van der Waals surface area contributed by atoms with E-state index in [4.69, 9.17) is 11.6 Å². The smallest absolute Gasteiger partial charge is 0.292 e. The molecule has 1 amide bonds. The van der Waals surface area contributed by atoms with Gasteiger partial charge < -0.3 is 5.32 Å². The van der Waals surface area contributed by atoms with E-state index in [0.717, 1.165) is 11.1 Å². The molecule has 2 aromatic carbocycles. The first-order valence-corrected chi connectivity index (χ1v) is 7.62. The maximum atomic E-state index is 12.1. The van der Waals surface area contributed by atoms with Crippen molar-refractivity contribution in [2.24, 2.45) is 0 Å². The van der Waals surface area contributed by atoms with Crippen molar-refractivity contribution in [3.05, 3.63) is 76.8 Å². The summed E-state index contributed by atoms with van der Waals surface area (Å²) >= 11 is 5.80. The van der Waals surface area contributed by atoms with Gasteiger partial charge in [0.25, 0.3) is 5.91 Å². The number of rotatable bonds is 5. The van der Waals surface area contributed by atoms with Crippen molar-refractivity contribution >= 4 is 29.4 Å². The molecule has 0 radical (unpaired) electrons. The SMILES string of the molecule is CC(C)(NC(=O)C(=O)/C=C/c1ccc(Cl)cc1)c1ccccc1. The van der Waals surface area contributed by atoms with Gasteiger partial charge in [-0.15, -0.1) is 0 Å². The zero-order valence-electron chi connectivity index (χ0n) is 13.0. The topological polar surface area (TPSA) is 46.2 Å².